The highest BCUT2D eigenvalue weighted by atomic mass is 35.5. The van der Waals surface area contributed by atoms with Crippen LogP contribution >= 0.6 is 11.6 Å². The van der Waals surface area contributed by atoms with E-state index in [0.717, 1.165) is 53.7 Å². The summed E-state index contributed by atoms with van der Waals surface area (Å²) < 4.78 is 7.46. The Kier molecular flexibility index (Phi) is 6.68. The van der Waals surface area contributed by atoms with Gasteiger partial charge in [-0.3, -0.25) is 9.38 Å². The average molecular weight is 415 g/mol. The molecule has 3 aromatic rings. The summed E-state index contributed by atoms with van der Waals surface area (Å²) in [5.74, 6) is 3.00. The summed E-state index contributed by atoms with van der Waals surface area (Å²) in [6.07, 6.45) is 4.70. The van der Waals surface area contributed by atoms with E-state index in [1.807, 2.05) is 30.6 Å². The van der Waals surface area contributed by atoms with Gasteiger partial charge in [0.25, 0.3) is 0 Å². The monoisotopic (exact) mass is 414 g/mol. The van der Waals surface area contributed by atoms with Crippen molar-refractivity contribution in [3.8, 4) is 17.0 Å². The van der Waals surface area contributed by atoms with Crippen LogP contribution in [-0.2, 0) is 6.42 Å². The molecule has 0 bridgehead atoms. The predicted octanol–water partition coefficient (Wildman–Crippen LogP) is 5.74. The molecule has 0 atom stereocenters. The van der Waals surface area contributed by atoms with Crippen LogP contribution in [0.4, 0.5) is 5.82 Å². The molecule has 0 saturated carbocycles. The fraction of sp³-hybridized carbons (Fsp3) is 0.478. The van der Waals surface area contributed by atoms with E-state index >= 15 is 0 Å². The van der Waals surface area contributed by atoms with E-state index in [4.69, 9.17) is 21.3 Å². The molecule has 0 aliphatic rings. The molecule has 1 aromatic carbocycles. The first-order valence-corrected chi connectivity index (χ1v) is 10.7. The van der Waals surface area contributed by atoms with Crippen LogP contribution in [0.15, 0.2) is 30.6 Å². The van der Waals surface area contributed by atoms with E-state index in [-0.39, 0.29) is 0 Å². The van der Waals surface area contributed by atoms with E-state index in [9.17, 15) is 0 Å². The van der Waals surface area contributed by atoms with Crippen LogP contribution in [0.2, 0.25) is 5.02 Å². The van der Waals surface area contributed by atoms with Gasteiger partial charge in [-0.1, -0.05) is 46.2 Å². The second-order valence-corrected chi connectivity index (χ2v) is 8.65. The number of methoxy groups -OCH3 is 1. The van der Waals surface area contributed by atoms with Crippen LogP contribution in [0.1, 0.15) is 40.3 Å². The first-order chi connectivity index (χ1) is 13.8. The third kappa shape index (κ3) is 4.50. The number of aromatic nitrogens is 3. The molecule has 6 heteroatoms. The lowest BCUT2D eigenvalue weighted by molar-refractivity contribution is 0.415. The molecular weight excluding hydrogens is 384 g/mol. The Morgan fingerprint density at radius 1 is 1.14 bits per heavy atom. The minimum atomic E-state index is 0.557. The number of ether oxygens (including phenoxy) is 1. The summed E-state index contributed by atoms with van der Waals surface area (Å²) in [7, 11) is 1.64. The van der Waals surface area contributed by atoms with E-state index in [1.165, 1.54) is 0 Å². The highest BCUT2D eigenvalue weighted by Crippen LogP contribution is 2.34. The Morgan fingerprint density at radius 3 is 2.38 bits per heavy atom. The van der Waals surface area contributed by atoms with Gasteiger partial charge in [0.1, 0.15) is 17.3 Å². The molecule has 2 aromatic heterocycles. The average Bonchev–Trinajstić information content (AvgIpc) is 3.05. The Morgan fingerprint density at radius 2 is 1.83 bits per heavy atom. The molecule has 0 aliphatic heterocycles. The molecule has 0 N–H and O–H groups in total. The smallest absolute Gasteiger partial charge is 0.165 e. The molecule has 0 spiro atoms. The Bertz CT molecular complexity index is 970. The van der Waals surface area contributed by atoms with Crippen molar-refractivity contribution in [1.82, 2.24) is 14.4 Å². The largest absolute Gasteiger partial charge is 0.497 e. The lowest BCUT2D eigenvalue weighted by Crippen LogP contribution is -2.33. The van der Waals surface area contributed by atoms with Crippen molar-refractivity contribution in [2.24, 2.45) is 11.8 Å². The van der Waals surface area contributed by atoms with Gasteiger partial charge in [0, 0.05) is 31.0 Å². The second kappa shape index (κ2) is 9.04. The minimum absolute atomic E-state index is 0.557. The topological polar surface area (TPSA) is 42.7 Å². The van der Waals surface area contributed by atoms with Crippen LogP contribution in [-0.4, -0.2) is 34.6 Å². The zero-order valence-corrected chi connectivity index (χ0v) is 19.0. The van der Waals surface area contributed by atoms with Gasteiger partial charge in [-0.2, -0.15) is 0 Å². The molecule has 0 radical (unpaired) electrons. The van der Waals surface area contributed by atoms with Crippen LogP contribution in [0.25, 0.3) is 16.9 Å². The lowest BCUT2D eigenvalue weighted by atomic mass is 10.1. The van der Waals surface area contributed by atoms with Gasteiger partial charge in [0.2, 0.25) is 0 Å². The molecule has 5 nitrogen and oxygen atoms in total. The standard InChI is InChI=1S/C23H31ClN4O/c1-7-20-23(27(13-15(2)3)14-16(4)5)28-11-10-25-21(22(28)26-20)18-9-8-17(29-6)12-19(18)24/h8-12,15-16H,7,13-14H2,1-6H3. The van der Waals surface area contributed by atoms with Crippen molar-refractivity contribution in [3.05, 3.63) is 41.3 Å². The molecule has 0 amide bonds. The molecule has 0 unspecified atom stereocenters. The van der Waals surface area contributed by atoms with Crippen LogP contribution in [0, 0.1) is 11.8 Å². The second-order valence-electron chi connectivity index (χ2n) is 8.24. The number of imidazole rings is 1. The highest BCUT2D eigenvalue weighted by Gasteiger charge is 2.22. The third-order valence-electron chi connectivity index (χ3n) is 4.82. The van der Waals surface area contributed by atoms with Crippen molar-refractivity contribution in [1.29, 1.82) is 0 Å². The number of nitrogens with zero attached hydrogens (tertiary/aromatic N) is 4. The number of aryl methyl sites for hydroxylation is 1. The maximum absolute atomic E-state index is 6.56. The number of rotatable bonds is 8. The van der Waals surface area contributed by atoms with E-state index in [1.54, 1.807) is 7.11 Å². The van der Waals surface area contributed by atoms with Gasteiger partial charge in [0.05, 0.1) is 17.8 Å². The molecule has 156 valence electrons. The fourth-order valence-electron chi connectivity index (χ4n) is 3.72. The van der Waals surface area contributed by atoms with Crippen LogP contribution < -0.4 is 9.64 Å². The first kappa shape index (κ1) is 21.4. The molecule has 3 rings (SSSR count). The van der Waals surface area contributed by atoms with Gasteiger partial charge in [-0.15, -0.1) is 0 Å². The normalized spacial score (nSPS) is 11.6. The van der Waals surface area contributed by atoms with Gasteiger partial charge in [-0.05, 0) is 36.5 Å². The molecule has 0 fully saturated rings. The van der Waals surface area contributed by atoms with E-state index in [2.05, 4.69) is 48.9 Å². The summed E-state index contributed by atoms with van der Waals surface area (Å²) in [6.45, 7) is 13.2. The summed E-state index contributed by atoms with van der Waals surface area (Å²) in [6, 6.07) is 5.67. The zero-order valence-electron chi connectivity index (χ0n) is 18.2. The number of halogens is 1. The Labute approximate surface area is 178 Å². The van der Waals surface area contributed by atoms with Gasteiger partial charge >= 0.3 is 0 Å². The third-order valence-corrected chi connectivity index (χ3v) is 5.14. The maximum atomic E-state index is 6.56. The Balaban J connectivity index is 2.20. The first-order valence-electron chi connectivity index (χ1n) is 10.3. The predicted molar refractivity (Wildman–Crippen MR) is 121 cm³/mol. The van der Waals surface area contributed by atoms with Crippen molar-refractivity contribution in [2.45, 2.75) is 41.0 Å². The zero-order chi connectivity index (χ0) is 21.1. The molecule has 29 heavy (non-hydrogen) atoms. The van der Waals surface area contributed by atoms with Crippen LogP contribution in [0.5, 0.6) is 5.75 Å². The summed E-state index contributed by atoms with van der Waals surface area (Å²) >= 11 is 6.56. The number of hydrogen-bond donors (Lipinski definition) is 0. The SMILES string of the molecule is CCc1nc2c(-c3ccc(OC)cc3Cl)nccn2c1N(CC(C)C)CC(C)C. The molecule has 2 heterocycles. The fourth-order valence-corrected chi connectivity index (χ4v) is 3.98. The van der Waals surface area contributed by atoms with Crippen molar-refractivity contribution < 1.29 is 4.74 Å². The molecular formula is C23H31ClN4O. The molecule has 0 saturated heterocycles. The van der Waals surface area contributed by atoms with Crippen LogP contribution in [0.3, 0.4) is 0 Å². The van der Waals surface area contributed by atoms with Crippen molar-refractivity contribution in [2.75, 3.05) is 25.1 Å². The number of anilines is 1. The lowest BCUT2D eigenvalue weighted by Gasteiger charge is -2.28. The number of benzene rings is 1. The van der Waals surface area contributed by atoms with E-state index < -0.39 is 0 Å². The number of fused-ring (bicyclic) bond motifs is 1. The highest BCUT2D eigenvalue weighted by molar-refractivity contribution is 6.33. The van der Waals surface area contributed by atoms with Gasteiger partial charge in [-0.25, -0.2) is 4.98 Å². The summed E-state index contributed by atoms with van der Waals surface area (Å²) in [5, 5.41) is 0.605. The maximum Gasteiger partial charge on any atom is 0.165 e. The summed E-state index contributed by atoms with van der Waals surface area (Å²) in [5.41, 5.74) is 3.57. The quantitative estimate of drug-likeness (QED) is 0.471. The summed E-state index contributed by atoms with van der Waals surface area (Å²) in [4.78, 5) is 12.1. The minimum Gasteiger partial charge on any atom is -0.497 e. The van der Waals surface area contributed by atoms with Gasteiger partial charge < -0.3 is 9.64 Å². The van der Waals surface area contributed by atoms with Crippen molar-refractivity contribution in [3.63, 3.8) is 0 Å². The van der Waals surface area contributed by atoms with E-state index in [0.29, 0.717) is 16.9 Å². The Hall–Kier alpha value is -2.27. The molecule has 0 aliphatic carbocycles. The number of hydrogen-bond acceptors (Lipinski definition) is 4. The van der Waals surface area contributed by atoms with Gasteiger partial charge in [0.15, 0.2) is 5.65 Å². The van der Waals surface area contributed by atoms with Crippen molar-refractivity contribution >= 4 is 23.1 Å².